The monoisotopic (exact) mass is 334 g/mol. The summed E-state index contributed by atoms with van der Waals surface area (Å²) in [5, 5.41) is 3.53. The third-order valence-electron chi connectivity index (χ3n) is 4.56. The van der Waals surface area contributed by atoms with E-state index in [9.17, 15) is 13.2 Å². The number of rotatable bonds is 6. The smallest absolute Gasteiger partial charge is 0.312 e. The van der Waals surface area contributed by atoms with E-state index in [1.54, 1.807) is 0 Å². The van der Waals surface area contributed by atoms with Gasteiger partial charge in [0.25, 0.3) is 0 Å². The zero-order chi connectivity index (χ0) is 17.7. The van der Waals surface area contributed by atoms with Gasteiger partial charge in [-0.15, -0.1) is 0 Å². The van der Waals surface area contributed by atoms with Gasteiger partial charge in [-0.05, 0) is 49.5 Å². The zero-order valence-corrected chi connectivity index (χ0v) is 15.2. The summed E-state index contributed by atoms with van der Waals surface area (Å²) < 4.78 is 38.1. The fraction of sp³-hybridized carbons (Fsp3) is 0.944. The zero-order valence-electron chi connectivity index (χ0n) is 15.2. The number of hydrogen-bond donors (Lipinski definition) is 1. The standard InChI is InChI=1S/C18H33F3N2/c1-13(2)16(11-22-12-17(3,4)5)23-10-14-6-8-15(9-7-14)18(19,20)21/h12-16,23H,6-11H2,1-5H3/b22-12-/t14-,15-,16-/m1/s1. The lowest BCUT2D eigenvalue weighted by molar-refractivity contribution is -0.183. The first kappa shape index (κ1) is 20.5. The molecular formula is C18H33F3N2. The van der Waals surface area contributed by atoms with Crippen molar-refractivity contribution < 1.29 is 13.2 Å². The van der Waals surface area contributed by atoms with Gasteiger partial charge in [-0.3, -0.25) is 4.99 Å². The summed E-state index contributed by atoms with van der Waals surface area (Å²) in [4.78, 5) is 4.54. The minimum absolute atomic E-state index is 0.0809. The van der Waals surface area contributed by atoms with Crippen LogP contribution in [0.2, 0.25) is 0 Å². The van der Waals surface area contributed by atoms with E-state index in [0.29, 0.717) is 24.7 Å². The molecule has 1 atom stereocenters. The first-order valence-electron chi connectivity index (χ1n) is 8.80. The molecule has 1 saturated carbocycles. The number of alkyl halides is 3. The molecule has 2 nitrogen and oxygen atoms in total. The molecule has 0 unspecified atom stereocenters. The summed E-state index contributed by atoms with van der Waals surface area (Å²) >= 11 is 0. The molecule has 0 aromatic rings. The third kappa shape index (κ3) is 8.18. The van der Waals surface area contributed by atoms with Crippen molar-refractivity contribution in [3.8, 4) is 0 Å². The Morgan fingerprint density at radius 3 is 2.09 bits per heavy atom. The Morgan fingerprint density at radius 2 is 1.65 bits per heavy atom. The highest BCUT2D eigenvalue weighted by atomic mass is 19.4. The van der Waals surface area contributed by atoms with Crippen molar-refractivity contribution >= 4 is 6.21 Å². The van der Waals surface area contributed by atoms with Gasteiger partial charge in [0.15, 0.2) is 0 Å². The van der Waals surface area contributed by atoms with Crippen molar-refractivity contribution in [2.45, 2.75) is 72.5 Å². The Morgan fingerprint density at radius 1 is 1.09 bits per heavy atom. The Kier molecular flexibility index (Phi) is 7.56. The molecule has 0 saturated heterocycles. The minimum Gasteiger partial charge on any atom is -0.312 e. The molecule has 1 fully saturated rings. The van der Waals surface area contributed by atoms with Crippen LogP contribution < -0.4 is 5.32 Å². The Labute approximate surface area is 139 Å². The van der Waals surface area contributed by atoms with E-state index < -0.39 is 12.1 Å². The van der Waals surface area contributed by atoms with Crippen molar-refractivity contribution in [3.63, 3.8) is 0 Å². The lowest BCUT2D eigenvalue weighted by atomic mass is 9.81. The highest BCUT2D eigenvalue weighted by molar-refractivity contribution is 5.63. The molecule has 0 aromatic carbocycles. The van der Waals surface area contributed by atoms with E-state index in [1.807, 2.05) is 6.21 Å². The first-order chi connectivity index (χ1) is 10.5. The molecule has 0 amide bonds. The summed E-state index contributed by atoms with van der Waals surface area (Å²) in [6.45, 7) is 12.2. The van der Waals surface area contributed by atoms with Crippen LogP contribution in [0.15, 0.2) is 4.99 Å². The second-order valence-electron chi connectivity index (χ2n) is 8.38. The van der Waals surface area contributed by atoms with E-state index in [2.05, 4.69) is 44.9 Å². The molecule has 23 heavy (non-hydrogen) atoms. The van der Waals surface area contributed by atoms with Crippen LogP contribution in [0.4, 0.5) is 13.2 Å². The second-order valence-corrected chi connectivity index (χ2v) is 8.38. The Balaban J connectivity index is 2.38. The van der Waals surface area contributed by atoms with Gasteiger partial charge in [0.2, 0.25) is 0 Å². The number of halogens is 3. The third-order valence-corrected chi connectivity index (χ3v) is 4.56. The van der Waals surface area contributed by atoms with Crippen molar-refractivity contribution in [3.05, 3.63) is 0 Å². The van der Waals surface area contributed by atoms with E-state index in [1.165, 1.54) is 0 Å². The van der Waals surface area contributed by atoms with Gasteiger partial charge < -0.3 is 5.32 Å². The van der Waals surface area contributed by atoms with Crippen LogP contribution in [0, 0.1) is 23.2 Å². The van der Waals surface area contributed by atoms with Crippen LogP contribution >= 0.6 is 0 Å². The fourth-order valence-electron chi connectivity index (χ4n) is 2.96. The highest BCUT2D eigenvalue weighted by Crippen LogP contribution is 2.39. The maximum Gasteiger partial charge on any atom is 0.391 e. The van der Waals surface area contributed by atoms with Gasteiger partial charge >= 0.3 is 6.18 Å². The normalized spacial score (nSPS) is 25.3. The van der Waals surface area contributed by atoms with Gasteiger partial charge in [0.1, 0.15) is 0 Å². The molecule has 0 bridgehead atoms. The van der Waals surface area contributed by atoms with E-state index in [4.69, 9.17) is 0 Å². The predicted molar refractivity (Wildman–Crippen MR) is 90.9 cm³/mol. The van der Waals surface area contributed by atoms with Crippen molar-refractivity contribution in [2.75, 3.05) is 13.1 Å². The number of nitrogens with one attached hydrogen (secondary N) is 1. The molecule has 1 rings (SSSR count). The van der Waals surface area contributed by atoms with Gasteiger partial charge in [0, 0.05) is 12.3 Å². The van der Waals surface area contributed by atoms with Crippen LogP contribution in [0.25, 0.3) is 0 Å². The Hall–Kier alpha value is -0.580. The first-order valence-corrected chi connectivity index (χ1v) is 8.80. The highest BCUT2D eigenvalue weighted by Gasteiger charge is 2.41. The molecule has 0 aliphatic heterocycles. The van der Waals surface area contributed by atoms with E-state index in [0.717, 1.165) is 13.1 Å². The second kappa shape index (κ2) is 8.50. The summed E-state index contributed by atoms with van der Waals surface area (Å²) in [5.41, 5.74) is 0.0809. The molecule has 136 valence electrons. The van der Waals surface area contributed by atoms with Gasteiger partial charge in [-0.25, -0.2) is 0 Å². The van der Waals surface area contributed by atoms with Gasteiger partial charge in [-0.1, -0.05) is 34.6 Å². The van der Waals surface area contributed by atoms with Gasteiger partial charge in [0.05, 0.1) is 12.5 Å². The van der Waals surface area contributed by atoms with Crippen molar-refractivity contribution in [1.29, 1.82) is 0 Å². The summed E-state index contributed by atoms with van der Waals surface area (Å²) in [7, 11) is 0. The largest absolute Gasteiger partial charge is 0.391 e. The molecule has 5 heteroatoms. The van der Waals surface area contributed by atoms with Crippen molar-refractivity contribution in [2.24, 2.45) is 28.2 Å². The number of hydrogen-bond acceptors (Lipinski definition) is 2. The molecule has 1 N–H and O–H groups in total. The lowest BCUT2D eigenvalue weighted by Crippen LogP contribution is -2.41. The maximum atomic E-state index is 12.7. The maximum absolute atomic E-state index is 12.7. The number of nitrogens with zero attached hydrogens (tertiary/aromatic N) is 1. The minimum atomic E-state index is -4.01. The average molecular weight is 334 g/mol. The summed E-state index contributed by atoms with van der Waals surface area (Å²) in [6.07, 6.45) is -0.117. The molecule has 0 radical (unpaired) electrons. The fourth-order valence-corrected chi connectivity index (χ4v) is 2.96. The lowest BCUT2D eigenvalue weighted by Gasteiger charge is -2.31. The molecule has 0 aromatic heterocycles. The summed E-state index contributed by atoms with van der Waals surface area (Å²) in [6, 6.07) is 0.286. The van der Waals surface area contributed by atoms with Crippen LogP contribution in [-0.4, -0.2) is 31.5 Å². The Bertz CT molecular complexity index is 361. The SMILES string of the molecule is CC(C)[C@@H](C/N=C\C(C)(C)C)NC[C@H]1CC[C@H](C(F)(F)F)CC1. The molecular weight excluding hydrogens is 301 g/mol. The van der Waals surface area contributed by atoms with Crippen molar-refractivity contribution in [1.82, 2.24) is 5.32 Å². The van der Waals surface area contributed by atoms with Crippen LogP contribution in [0.3, 0.4) is 0 Å². The molecule has 0 heterocycles. The average Bonchev–Trinajstić information content (AvgIpc) is 2.40. The topological polar surface area (TPSA) is 24.4 Å². The molecule has 1 aliphatic carbocycles. The summed E-state index contributed by atoms with van der Waals surface area (Å²) in [5.74, 6) is -0.267. The number of aliphatic imine (C=N–C) groups is 1. The molecule has 1 aliphatic rings. The predicted octanol–water partition coefficient (Wildman–Crippen LogP) is 5.09. The van der Waals surface area contributed by atoms with Gasteiger partial charge in [-0.2, -0.15) is 13.2 Å². The van der Waals surface area contributed by atoms with E-state index in [-0.39, 0.29) is 24.3 Å². The van der Waals surface area contributed by atoms with Crippen LogP contribution in [0.5, 0.6) is 0 Å². The van der Waals surface area contributed by atoms with E-state index >= 15 is 0 Å². The quantitative estimate of drug-likeness (QED) is 0.673. The molecule has 0 spiro atoms. The van der Waals surface area contributed by atoms with Crippen LogP contribution in [0.1, 0.15) is 60.3 Å². The van der Waals surface area contributed by atoms with Crippen LogP contribution in [-0.2, 0) is 0 Å².